The van der Waals surface area contributed by atoms with Gasteiger partial charge in [-0.3, -0.25) is 4.68 Å². The standard InChI is InChI=1S/C26H22FN3O3S/c1-30-25(34-23-14-7-6-13-21(23)26(31)32-2)22(24(29-30)19-10-4-3-5-11-19)16-28-33-17-18-9-8-12-20(27)15-18/h3-16H,17H2,1-2H3/b28-16+. The molecule has 8 heteroatoms. The van der Waals surface area contributed by atoms with Crippen LogP contribution in [0.5, 0.6) is 0 Å². The second-order valence-electron chi connectivity index (χ2n) is 7.28. The maximum absolute atomic E-state index is 13.4. The molecule has 0 unspecified atom stereocenters. The molecule has 0 N–H and O–H groups in total. The van der Waals surface area contributed by atoms with Crippen LogP contribution in [-0.4, -0.2) is 29.1 Å². The third-order valence-corrected chi connectivity index (χ3v) is 6.21. The summed E-state index contributed by atoms with van der Waals surface area (Å²) < 4.78 is 20.1. The molecule has 0 saturated heterocycles. The van der Waals surface area contributed by atoms with E-state index in [9.17, 15) is 9.18 Å². The molecule has 1 heterocycles. The summed E-state index contributed by atoms with van der Waals surface area (Å²) in [6.45, 7) is 0.128. The van der Waals surface area contributed by atoms with Crippen molar-refractivity contribution in [2.24, 2.45) is 12.2 Å². The van der Waals surface area contributed by atoms with E-state index in [2.05, 4.69) is 5.16 Å². The number of esters is 1. The monoisotopic (exact) mass is 475 g/mol. The molecule has 0 atom stereocenters. The summed E-state index contributed by atoms with van der Waals surface area (Å²) in [6.07, 6.45) is 1.59. The lowest BCUT2D eigenvalue weighted by Gasteiger charge is -2.08. The highest BCUT2D eigenvalue weighted by Gasteiger charge is 2.20. The summed E-state index contributed by atoms with van der Waals surface area (Å²) in [4.78, 5) is 18.4. The quantitative estimate of drug-likeness (QED) is 0.185. The molecule has 0 fully saturated rings. The first kappa shape index (κ1) is 23.3. The molecule has 0 aliphatic heterocycles. The zero-order valence-corrected chi connectivity index (χ0v) is 19.5. The molecule has 3 aromatic carbocycles. The first-order valence-corrected chi connectivity index (χ1v) is 11.3. The van der Waals surface area contributed by atoms with Crippen LogP contribution >= 0.6 is 11.8 Å². The molecule has 172 valence electrons. The van der Waals surface area contributed by atoms with Crippen LogP contribution in [0.15, 0.2) is 93.9 Å². The molecule has 0 amide bonds. The van der Waals surface area contributed by atoms with Gasteiger partial charge in [-0.2, -0.15) is 5.10 Å². The second kappa shape index (κ2) is 10.8. The molecule has 0 bridgehead atoms. The molecular formula is C26H22FN3O3S. The van der Waals surface area contributed by atoms with Gasteiger partial charge in [0.05, 0.1) is 24.5 Å². The van der Waals surface area contributed by atoms with Gasteiger partial charge in [-0.15, -0.1) is 0 Å². The van der Waals surface area contributed by atoms with Crippen LogP contribution < -0.4 is 0 Å². The van der Waals surface area contributed by atoms with Gasteiger partial charge in [-0.05, 0) is 29.8 Å². The van der Waals surface area contributed by atoms with E-state index in [1.54, 1.807) is 35.2 Å². The highest BCUT2D eigenvalue weighted by atomic mass is 32.2. The van der Waals surface area contributed by atoms with E-state index in [1.165, 1.54) is 31.0 Å². The first-order chi connectivity index (χ1) is 16.6. The SMILES string of the molecule is COC(=O)c1ccccc1Sc1c(/C=N/OCc2cccc(F)c2)c(-c2ccccc2)nn1C. The second-order valence-corrected chi connectivity index (χ2v) is 8.32. The molecule has 4 rings (SSSR count). The van der Waals surface area contributed by atoms with Crippen molar-refractivity contribution in [3.63, 3.8) is 0 Å². The van der Waals surface area contributed by atoms with E-state index >= 15 is 0 Å². The molecule has 1 aromatic heterocycles. The van der Waals surface area contributed by atoms with Gasteiger partial charge >= 0.3 is 5.97 Å². The average Bonchev–Trinajstić information content (AvgIpc) is 3.17. The van der Waals surface area contributed by atoms with Crippen molar-refractivity contribution in [1.82, 2.24) is 9.78 Å². The molecule has 34 heavy (non-hydrogen) atoms. The average molecular weight is 476 g/mol. The molecule has 6 nitrogen and oxygen atoms in total. The fourth-order valence-corrected chi connectivity index (χ4v) is 4.39. The Kier molecular flexibility index (Phi) is 7.39. The minimum Gasteiger partial charge on any atom is -0.465 e. The van der Waals surface area contributed by atoms with Gasteiger partial charge in [-0.25, -0.2) is 9.18 Å². The van der Waals surface area contributed by atoms with E-state index in [-0.39, 0.29) is 12.4 Å². The zero-order valence-electron chi connectivity index (χ0n) is 18.6. The van der Waals surface area contributed by atoms with Crippen molar-refractivity contribution < 1.29 is 18.8 Å². The number of nitrogens with zero attached hydrogens (tertiary/aromatic N) is 3. The Morgan fingerprint density at radius 3 is 2.62 bits per heavy atom. The first-order valence-electron chi connectivity index (χ1n) is 10.4. The molecule has 0 aliphatic rings. The van der Waals surface area contributed by atoms with Crippen LogP contribution in [0, 0.1) is 5.82 Å². The fraction of sp³-hybridized carbons (Fsp3) is 0.115. The number of halogens is 1. The topological polar surface area (TPSA) is 65.7 Å². The van der Waals surface area contributed by atoms with Gasteiger partial charge in [0.25, 0.3) is 0 Å². The number of rotatable bonds is 8. The number of methoxy groups -OCH3 is 1. The molecule has 4 aromatic rings. The Morgan fingerprint density at radius 1 is 1.09 bits per heavy atom. The number of hydrogen-bond donors (Lipinski definition) is 0. The van der Waals surface area contributed by atoms with Crippen molar-refractivity contribution in [3.05, 3.63) is 101 Å². The van der Waals surface area contributed by atoms with Crippen LogP contribution in [0.1, 0.15) is 21.5 Å². The maximum Gasteiger partial charge on any atom is 0.339 e. The van der Waals surface area contributed by atoms with E-state index in [4.69, 9.17) is 14.7 Å². The highest BCUT2D eigenvalue weighted by Crippen LogP contribution is 2.36. The minimum atomic E-state index is -0.415. The Labute approximate surface area is 201 Å². The van der Waals surface area contributed by atoms with Crippen LogP contribution in [-0.2, 0) is 23.2 Å². The lowest BCUT2D eigenvalue weighted by Crippen LogP contribution is -2.03. The fourth-order valence-electron chi connectivity index (χ4n) is 3.34. The Bertz CT molecular complexity index is 1320. The molecule has 0 radical (unpaired) electrons. The maximum atomic E-state index is 13.4. The smallest absolute Gasteiger partial charge is 0.339 e. The van der Waals surface area contributed by atoms with Gasteiger partial charge in [0.1, 0.15) is 23.1 Å². The number of oxime groups is 1. The molecule has 0 spiro atoms. The lowest BCUT2D eigenvalue weighted by atomic mass is 10.1. The molecule has 0 saturated carbocycles. The van der Waals surface area contributed by atoms with Gasteiger partial charge in [0.2, 0.25) is 0 Å². The van der Waals surface area contributed by atoms with Crippen LogP contribution in [0.2, 0.25) is 0 Å². The highest BCUT2D eigenvalue weighted by molar-refractivity contribution is 7.99. The predicted molar refractivity (Wildman–Crippen MR) is 129 cm³/mol. The summed E-state index contributed by atoms with van der Waals surface area (Å²) >= 11 is 1.39. The van der Waals surface area contributed by atoms with E-state index in [0.717, 1.165) is 26.7 Å². The third kappa shape index (κ3) is 5.35. The zero-order chi connectivity index (χ0) is 23.9. The minimum absolute atomic E-state index is 0.128. The number of hydrogen-bond acceptors (Lipinski definition) is 6. The number of aryl methyl sites for hydroxylation is 1. The number of ether oxygens (including phenoxy) is 1. The summed E-state index contributed by atoms with van der Waals surface area (Å²) in [7, 11) is 3.19. The predicted octanol–water partition coefficient (Wildman–Crippen LogP) is 5.71. The lowest BCUT2D eigenvalue weighted by molar-refractivity contribution is 0.0597. The van der Waals surface area contributed by atoms with Crippen molar-refractivity contribution in [1.29, 1.82) is 0 Å². The third-order valence-electron chi connectivity index (χ3n) is 4.95. The normalized spacial score (nSPS) is 11.0. The van der Waals surface area contributed by atoms with Crippen LogP contribution in [0.25, 0.3) is 11.3 Å². The number of carbonyl (C=O) groups excluding carboxylic acids is 1. The van der Waals surface area contributed by atoms with Crippen molar-refractivity contribution in [3.8, 4) is 11.3 Å². The van der Waals surface area contributed by atoms with Crippen molar-refractivity contribution >= 4 is 23.9 Å². The van der Waals surface area contributed by atoms with Gasteiger partial charge in [0.15, 0.2) is 0 Å². The number of carbonyl (C=O) groups is 1. The molecular weight excluding hydrogens is 453 g/mol. The van der Waals surface area contributed by atoms with Crippen molar-refractivity contribution in [2.45, 2.75) is 16.5 Å². The van der Waals surface area contributed by atoms with Gasteiger partial charge in [-0.1, -0.05) is 71.5 Å². The summed E-state index contributed by atoms with van der Waals surface area (Å²) in [5.74, 6) is -0.742. The summed E-state index contributed by atoms with van der Waals surface area (Å²) in [5.41, 5.74) is 3.51. The summed E-state index contributed by atoms with van der Waals surface area (Å²) in [6, 6.07) is 23.1. The van der Waals surface area contributed by atoms with Gasteiger partial charge < -0.3 is 9.57 Å². The summed E-state index contributed by atoms with van der Waals surface area (Å²) in [5, 5.41) is 9.61. The van der Waals surface area contributed by atoms with Crippen LogP contribution in [0.3, 0.4) is 0 Å². The Hall–Kier alpha value is -3.91. The van der Waals surface area contributed by atoms with Gasteiger partial charge in [0, 0.05) is 17.5 Å². The van der Waals surface area contributed by atoms with E-state index in [1.807, 2.05) is 49.5 Å². The Morgan fingerprint density at radius 2 is 1.85 bits per heavy atom. The Balaban J connectivity index is 1.68. The number of aromatic nitrogens is 2. The van der Waals surface area contributed by atoms with E-state index < -0.39 is 5.97 Å². The largest absolute Gasteiger partial charge is 0.465 e. The van der Waals surface area contributed by atoms with Crippen LogP contribution in [0.4, 0.5) is 4.39 Å². The number of benzene rings is 3. The molecule has 0 aliphatic carbocycles. The van der Waals surface area contributed by atoms with E-state index in [0.29, 0.717) is 11.1 Å². The van der Waals surface area contributed by atoms with Crippen molar-refractivity contribution in [2.75, 3.05) is 7.11 Å².